The number of ether oxygens (including phenoxy) is 2. The maximum Gasteiger partial charge on any atom is 0.410 e. The van der Waals surface area contributed by atoms with Crippen LogP contribution in [0.4, 0.5) is 4.79 Å². The van der Waals surface area contributed by atoms with Gasteiger partial charge in [0.05, 0.1) is 18.7 Å². The highest BCUT2D eigenvalue weighted by Gasteiger charge is 2.34. The number of piperidine rings is 1. The molecule has 0 spiro atoms. The molecule has 24 heavy (non-hydrogen) atoms. The molecule has 1 saturated heterocycles. The van der Waals surface area contributed by atoms with Crippen molar-refractivity contribution in [2.75, 3.05) is 20.2 Å². The number of benzene rings is 1. The second-order valence-corrected chi connectivity index (χ2v) is 6.94. The van der Waals surface area contributed by atoms with E-state index in [0.29, 0.717) is 25.1 Å². The van der Waals surface area contributed by atoms with E-state index in [-0.39, 0.29) is 24.1 Å². The minimum Gasteiger partial charge on any atom is -0.444 e. The van der Waals surface area contributed by atoms with Crippen molar-refractivity contribution in [1.29, 1.82) is 0 Å². The van der Waals surface area contributed by atoms with Gasteiger partial charge in [-0.05, 0) is 39.3 Å². The number of nitrogens with zero attached hydrogens (tertiary/aromatic N) is 1. The SMILES string of the molecule is COC1CN(C(=O)OC(C)(C)C)CCC1NC(=O)c1ccccc1. The average Bonchev–Trinajstić information content (AvgIpc) is 2.54. The van der Waals surface area contributed by atoms with Crippen LogP contribution >= 0.6 is 0 Å². The van der Waals surface area contributed by atoms with Crippen molar-refractivity contribution in [3.8, 4) is 0 Å². The maximum absolute atomic E-state index is 12.3. The van der Waals surface area contributed by atoms with Gasteiger partial charge in [0.2, 0.25) is 0 Å². The maximum atomic E-state index is 12.3. The fourth-order valence-electron chi connectivity index (χ4n) is 2.65. The van der Waals surface area contributed by atoms with Crippen LogP contribution in [0.1, 0.15) is 37.6 Å². The summed E-state index contributed by atoms with van der Waals surface area (Å²) in [6.07, 6.45) is 0.00683. The molecule has 0 aliphatic carbocycles. The Morgan fingerprint density at radius 3 is 2.46 bits per heavy atom. The predicted molar refractivity (Wildman–Crippen MR) is 90.9 cm³/mol. The summed E-state index contributed by atoms with van der Waals surface area (Å²) in [5.74, 6) is -0.131. The van der Waals surface area contributed by atoms with E-state index in [2.05, 4.69) is 5.32 Å². The van der Waals surface area contributed by atoms with Gasteiger partial charge in [-0.1, -0.05) is 18.2 Å². The van der Waals surface area contributed by atoms with E-state index >= 15 is 0 Å². The minimum absolute atomic E-state index is 0.131. The number of amides is 2. The molecule has 2 amide bonds. The summed E-state index contributed by atoms with van der Waals surface area (Å²) in [6.45, 7) is 6.43. The number of rotatable bonds is 3. The molecule has 0 saturated carbocycles. The van der Waals surface area contributed by atoms with Crippen molar-refractivity contribution >= 4 is 12.0 Å². The van der Waals surface area contributed by atoms with Crippen molar-refractivity contribution in [2.45, 2.75) is 44.9 Å². The Hall–Kier alpha value is -2.08. The largest absolute Gasteiger partial charge is 0.444 e. The normalized spacial score (nSPS) is 21.2. The molecular weight excluding hydrogens is 308 g/mol. The highest BCUT2D eigenvalue weighted by molar-refractivity contribution is 5.94. The number of carbonyl (C=O) groups excluding carboxylic acids is 2. The Morgan fingerprint density at radius 2 is 1.88 bits per heavy atom. The molecule has 6 heteroatoms. The smallest absolute Gasteiger partial charge is 0.410 e. The van der Waals surface area contributed by atoms with Crippen LogP contribution in [0, 0.1) is 0 Å². The first-order chi connectivity index (χ1) is 11.3. The molecule has 1 aliphatic heterocycles. The zero-order valence-corrected chi connectivity index (χ0v) is 14.7. The summed E-state index contributed by atoms with van der Waals surface area (Å²) in [5, 5.41) is 3.00. The number of nitrogens with one attached hydrogen (secondary N) is 1. The van der Waals surface area contributed by atoms with E-state index in [0.717, 1.165) is 0 Å². The van der Waals surface area contributed by atoms with Gasteiger partial charge in [0.1, 0.15) is 5.60 Å². The Labute approximate surface area is 143 Å². The van der Waals surface area contributed by atoms with Gasteiger partial charge in [0, 0.05) is 19.2 Å². The molecule has 1 N–H and O–H groups in total. The van der Waals surface area contributed by atoms with Crippen LogP contribution < -0.4 is 5.32 Å². The number of likely N-dealkylation sites (tertiary alicyclic amines) is 1. The zero-order valence-electron chi connectivity index (χ0n) is 14.7. The van der Waals surface area contributed by atoms with Gasteiger partial charge in [-0.15, -0.1) is 0 Å². The predicted octanol–water partition coefficient (Wildman–Crippen LogP) is 2.44. The van der Waals surface area contributed by atoms with Crippen LogP contribution in [0.5, 0.6) is 0 Å². The van der Waals surface area contributed by atoms with E-state index in [1.54, 1.807) is 24.1 Å². The van der Waals surface area contributed by atoms with Crippen LogP contribution in [0.2, 0.25) is 0 Å². The lowest BCUT2D eigenvalue weighted by molar-refractivity contribution is -0.0171. The molecular formula is C18H26N2O4. The first-order valence-electron chi connectivity index (χ1n) is 8.17. The summed E-state index contributed by atoms with van der Waals surface area (Å²) >= 11 is 0. The fraction of sp³-hybridized carbons (Fsp3) is 0.556. The summed E-state index contributed by atoms with van der Waals surface area (Å²) in [7, 11) is 1.59. The van der Waals surface area contributed by atoms with Crippen molar-refractivity contribution in [3.05, 3.63) is 35.9 Å². The molecule has 1 aromatic carbocycles. The molecule has 1 heterocycles. The molecule has 2 rings (SSSR count). The average molecular weight is 334 g/mol. The first-order valence-corrected chi connectivity index (χ1v) is 8.17. The molecule has 132 valence electrons. The van der Waals surface area contributed by atoms with Crippen LogP contribution in [-0.2, 0) is 9.47 Å². The van der Waals surface area contributed by atoms with Gasteiger partial charge in [0.25, 0.3) is 5.91 Å². The molecule has 0 bridgehead atoms. The van der Waals surface area contributed by atoms with Crippen LogP contribution in [0.25, 0.3) is 0 Å². The number of methoxy groups -OCH3 is 1. The molecule has 2 atom stereocenters. The van der Waals surface area contributed by atoms with E-state index in [1.165, 1.54) is 0 Å². The van der Waals surface area contributed by atoms with Gasteiger partial charge in [-0.2, -0.15) is 0 Å². The lowest BCUT2D eigenvalue weighted by Crippen LogP contribution is -2.56. The van der Waals surface area contributed by atoms with E-state index < -0.39 is 5.60 Å². The summed E-state index contributed by atoms with van der Waals surface area (Å²) in [6, 6.07) is 8.93. The molecule has 6 nitrogen and oxygen atoms in total. The molecule has 0 radical (unpaired) electrons. The highest BCUT2D eigenvalue weighted by Crippen LogP contribution is 2.18. The standard InChI is InChI=1S/C18H26N2O4/c1-18(2,3)24-17(22)20-11-10-14(15(12-20)23-4)19-16(21)13-8-6-5-7-9-13/h5-9,14-15H,10-12H2,1-4H3,(H,19,21). The van der Waals surface area contributed by atoms with Gasteiger partial charge >= 0.3 is 6.09 Å². The Kier molecular flexibility index (Phi) is 5.83. The number of hydrogen-bond donors (Lipinski definition) is 1. The Bertz CT molecular complexity index is 568. The van der Waals surface area contributed by atoms with Gasteiger partial charge in [-0.3, -0.25) is 4.79 Å². The van der Waals surface area contributed by atoms with E-state index in [4.69, 9.17) is 9.47 Å². The monoisotopic (exact) mass is 334 g/mol. The van der Waals surface area contributed by atoms with E-state index in [9.17, 15) is 9.59 Å². The number of hydrogen-bond acceptors (Lipinski definition) is 4. The van der Waals surface area contributed by atoms with Crippen molar-refractivity contribution in [3.63, 3.8) is 0 Å². The van der Waals surface area contributed by atoms with Crippen LogP contribution in [0.3, 0.4) is 0 Å². The van der Waals surface area contributed by atoms with Crippen molar-refractivity contribution in [1.82, 2.24) is 10.2 Å². The molecule has 1 aliphatic rings. The van der Waals surface area contributed by atoms with Crippen LogP contribution in [-0.4, -0.2) is 54.8 Å². The Balaban J connectivity index is 1.95. The van der Waals surface area contributed by atoms with Gasteiger partial charge in [0.15, 0.2) is 0 Å². The van der Waals surface area contributed by atoms with E-state index in [1.807, 2.05) is 39.0 Å². The summed E-state index contributed by atoms with van der Waals surface area (Å²) in [4.78, 5) is 26.1. The van der Waals surface area contributed by atoms with Crippen molar-refractivity contribution in [2.24, 2.45) is 0 Å². The van der Waals surface area contributed by atoms with Gasteiger partial charge in [-0.25, -0.2) is 4.79 Å². The third-order valence-electron chi connectivity index (χ3n) is 3.87. The first kappa shape index (κ1) is 18.3. The minimum atomic E-state index is -0.530. The second kappa shape index (κ2) is 7.66. The number of carbonyl (C=O) groups is 2. The Morgan fingerprint density at radius 1 is 1.21 bits per heavy atom. The summed E-state index contributed by atoms with van der Waals surface area (Å²) < 4.78 is 10.9. The quantitative estimate of drug-likeness (QED) is 0.922. The van der Waals surface area contributed by atoms with Crippen molar-refractivity contribution < 1.29 is 19.1 Å². The third kappa shape index (κ3) is 4.96. The molecule has 1 fully saturated rings. The molecule has 1 aromatic rings. The fourth-order valence-corrected chi connectivity index (χ4v) is 2.65. The molecule has 2 unspecified atom stereocenters. The summed E-state index contributed by atoms with van der Waals surface area (Å²) in [5.41, 5.74) is 0.0832. The topological polar surface area (TPSA) is 67.9 Å². The van der Waals surface area contributed by atoms with Gasteiger partial charge < -0.3 is 19.7 Å². The zero-order chi connectivity index (χ0) is 17.7. The van der Waals surface area contributed by atoms with Crippen LogP contribution in [0.15, 0.2) is 30.3 Å². The third-order valence-corrected chi connectivity index (χ3v) is 3.87. The lowest BCUT2D eigenvalue weighted by Gasteiger charge is -2.38. The highest BCUT2D eigenvalue weighted by atomic mass is 16.6. The molecule has 0 aromatic heterocycles. The lowest BCUT2D eigenvalue weighted by atomic mass is 10.0. The second-order valence-electron chi connectivity index (χ2n) is 6.94.